The predicted molar refractivity (Wildman–Crippen MR) is 90.6 cm³/mol. The molecule has 0 aromatic heterocycles. The van der Waals surface area contributed by atoms with Crippen LogP contribution in [0.1, 0.15) is 19.4 Å². The molecular weight excluding hydrogens is 274 g/mol. The SMILES string of the molecule is CCSCCN(CCSCC)c1ccc(CO)cc1. The Labute approximate surface area is 126 Å². The lowest BCUT2D eigenvalue weighted by Gasteiger charge is -2.24. The zero-order valence-corrected chi connectivity index (χ0v) is 13.6. The minimum Gasteiger partial charge on any atom is -0.392 e. The van der Waals surface area contributed by atoms with Gasteiger partial charge in [-0.25, -0.2) is 0 Å². The Kier molecular flexibility index (Phi) is 9.22. The van der Waals surface area contributed by atoms with Crippen LogP contribution in [-0.4, -0.2) is 41.2 Å². The first-order chi connectivity index (χ1) is 9.31. The van der Waals surface area contributed by atoms with Crippen molar-refractivity contribution in [3.8, 4) is 0 Å². The third-order valence-electron chi connectivity index (χ3n) is 2.90. The summed E-state index contributed by atoms with van der Waals surface area (Å²) in [4.78, 5) is 2.45. The molecule has 0 spiro atoms. The molecule has 4 heteroatoms. The summed E-state index contributed by atoms with van der Waals surface area (Å²) >= 11 is 3.98. The second-order valence-corrected chi connectivity index (χ2v) is 6.99. The molecule has 0 aliphatic rings. The molecule has 1 aromatic rings. The number of hydrogen-bond acceptors (Lipinski definition) is 4. The Morgan fingerprint density at radius 2 is 1.47 bits per heavy atom. The fourth-order valence-corrected chi connectivity index (χ4v) is 3.10. The zero-order chi connectivity index (χ0) is 13.9. The molecule has 0 bridgehead atoms. The smallest absolute Gasteiger partial charge is 0.0681 e. The van der Waals surface area contributed by atoms with Gasteiger partial charge in [0.15, 0.2) is 0 Å². The summed E-state index contributed by atoms with van der Waals surface area (Å²) in [6, 6.07) is 8.28. The summed E-state index contributed by atoms with van der Waals surface area (Å²) in [5.74, 6) is 4.71. The number of nitrogens with zero attached hydrogens (tertiary/aromatic N) is 1. The molecule has 0 fully saturated rings. The van der Waals surface area contributed by atoms with E-state index in [2.05, 4.69) is 30.9 Å². The van der Waals surface area contributed by atoms with Gasteiger partial charge in [0.1, 0.15) is 0 Å². The molecule has 0 radical (unpaired) electrons. The second-order valence-electron chi connectivity index (χ2n) is 4.21. The number of rotatable bonds is 10. The number of aliphatic hydroxyl groups excluding tert-OH is 1. The standard InChI is InChI=1S/C15H25NOS2/c1-3-18-11-9-16(10-12-19-4-2)15-7-5-14(13-17)6-8-15/h5-8,17H,3-4,9-13H2,1-2H3. The average molecular weight is 300 g/mol. The van der Waals surface area contributed by atoms with Crippen LogP contribution in [-0.2, 0) is 6.61 Å². The van der Waals surface area contributed by atoms with Crippen molar-refractivity contribution in [2.24, 2.45) is 0 Å². The first kappa shape index (κ1) is 16.7. The van der Waals surface area contributed by atoms with Gasteiger partial charge in [-0.05, 0) is 29.2 Å². The molecule has 0 saturated heterocycles. The van der Waals surface area contributed by atoms with Crippen molar-refractivity contribution in [1.82, 2.24) is 0 Å². The van der Waals surface area contributed by atoms with Gasteiger partial charge in [0.05, 0.1) is 6.61 Å². The summed E-state index contributed by atoms with van der Waals surface area (Å²) < 4.78 is 0. The minimum atomic E-state index is 0.123. The Bertz CT molecular complexity index is 319. The van der Waals surface area contributed by atoms with Crippen LogP contribution >= 0.6 is 23.5 Å². The quantitative estimate of drug-likeness (QED) is 0.668. The van der Waals surface area contributed by atoms with Crippen molar-refractivity contribution in [2.45, 2.75) is 20.5 Å². The highest BCUT2D eigenvalue weighted by atomic mass is 32.2. The maximum Gasteiger partial charge on any atom is 0.0681 e. The summed E-state index contributed by atoms with van der Waals surface area (Å²) in [5.41, 5.74) is 2.25. The first-order valence-electron chi connectivity index (χ1n) is 6.92. The van der Waals surface area contributed by atoms with E-state index in [0.717, 1.165) is 18.7 Å². The van der Waals surface area contributed by atoms with Crippen LogP contribution < -0.4 is 4.90 Å². The van der Waals surface area contributed by atoms with Crippen LogP contribution in [0, 0.1) is 0 Å². The molecule has 0 aliphatic carbocycles. The lowest BCUT2D eigenvalue weighted by atomic mass is 10.2. The number of aliphatic hydroxyl groups is 1. The molecule has 2 nitrogen and oxygen atoms in total. The molecule has 0 heterocycles. The van der Waals surface area contributed by atoms with E-state index in [9.17, 15) is 0 Å². The van der Waals surface area contributed by atoms with Crippen molar-refractivity contribution in [1.29, 1.82) is 0 Å². The van der Waals surface area contributed by atoms with Crippen LogP contribution in [0.3, 0.4) is 0 Å². The van der Waals surface area contributed by atoms with Gasteiger partial charge in [0, 0.05) is 30.3 Å². The van der Waals surface area contributed by atoms with E-state index in [1.165, 1.54) is 28.7 Å². The van der Waals surface area contributed by atoms with Gasteiger partial charge in [0.25, 0.3) is 0 Å². The topological polar surface area (TPSA) is 23.5 Å². The van der Waals surface area contributed by atoms with Gasteiger partial charge >= 0.3 is 0 Å². The van der Waals surface area contributed by atoms with E-state index in [1.54, 1.807) is 0 Å². The Balaban J connectivity index is 2.58. The maximum absolute atomic E-state index is 9.09. The number of benzene rings is 1. The van der Waals surface area contributed by atoms with E-state index >= 15 is 0 Å². The number of anilines is 1. The van der Waals surface area contributed by atoms with Crippen LogP contribution in [0.2, 0.25) is 0 Å². The molecule has 0 amide bonds. The lowest BCUT2D eigenvalue weighted by Crippen LogP contribution is -2.28. The lowest BCUT2D eigenvalue weighted by molar-refractivity contribution is 0.282. The monoisotopic (exact) mass is 299 g/mol. The van der Waals surface area contributed by atoms with Gasteiger partial charge in [-0.3, -0.25) is 0 Å². The summed E-state index contributed by atoms with van der Waals surface area (Å²) in [7, 11) is 0. The van der Waals surface area contributed by atoms with E-state index in [0.29, 0.717) is 0 Å². The highest BCUT2D eigenvalue weighted by molar-refractivity contribution is 7.99. The summed E-state index contributed by atoms with van der Waals surface area (Å²) in [6.45, 7) is 6.73. The summed E-state index contributed by atoms with van der Waals surface area (Å²) in [5, 5.41) is 9.09. The first-order valence-corrected chi connectivity index (χ1v) is 9.23. The van der Waals surface area contributed by atoms with E-state index in [1.807, 2.05) is 35.7 Å². The highest BCUT2D eigenvalue weighted by Crippen LogP contribution is 2.17. The molecule has 0 saturated carbocycles. The molecular formula is C15H25NOS2. The van der Waals surface area contributed by atoms with Gasteiger partial charge in [-0.15, -0.1) is 0 Å². The van der Waals surface area contributed by atoms with Gasteiger partial charge < -0.3 is 10.0 Å². The largest absolute Gasteiger partial charge is 0.392 e. The van der Waals surface area contributed by atoms with Gasteiger partial charge in [-0.1, -0.05) is 26.0 Å². The van der Waals surface area contributed by atoms with E-state index < -0.39 is 0 Å². The number of hydrogen-bond donors (Lipinski definition) is 1. The van der Waals surface area contributed by atoms with Crippen LogP contribution in [0.25, 0.3) is 0 Å². The molecule has 108 valence electrons. The van der Waals surface area contributed by atoms with Gasteiger partial charge in [0.2, 0.25) is 0 Å². The third-order valence-corrected chi connectivity index (χ3v) is 4.66. The molecule has 1 N–H and O–H groups in total. The van der Waals surface area contributed by atoms with Crippen LogP contribution in [0.15, 0.2) is 24.3 Å². The second kappa shape index (κ2) is 10.5. The fourth-order valence-electron chi connectivity index (χ4n) is 1.82. The highest BCUT2D eigenvalue weighted by Gasteiger charge is 2.06. The average Bonchev–Trinajstić information content (AvgIpc) is 2.46. The van der Waals surface area contributed by atoms with Crippen LogP contribution in [0.4, 0.5) is 5.69 Å². The molecule has 1 rings (SSSR count). The third kappa shape index (κ3) is 6.59. The van der Waals surface area contributed by atoms with Crippen molar-refractivity contribution in [3.05, 3.63) is 29.8 Å². The molecule has 0 unspecified atom stereocenters. The van der Waals surface area contributed by atoms with Crippen LogP contribution in [0.5, 0.6) is 0 Å². The summed E-state index contributed by atoms with van der Waals surface area (Å²) in [6.07, 6.45) is 0. The minimum absolute atomic E-state index is 0.123. The normalized spacial score (nSPS) is 10.7. The van der Waals surface area contributed by atoms with E-state index in [-0.39, 0.29) is 6.61 Å². The zero-order valence-electron chi connectivity index (χ0n) is 12.0. The fraction of sp³-hybridized carbons (Fsp3) is 0.600. The molecule has 0 atom stereocenters. The van der Waals surface area contributed by atoms with Crippen molar-refractivity contribution in [2.75, 3.05) is 41.0 Å². The predicted octanol–water partition coefficient (Wildman–Crippen LogP) is 3.49. The van der Waals surface area contributed by atoms with Crippen molar-refractivity contribution >= 4 is 29.2 Å². The van der Waals surface area contributed by atoms with E-state index in [4.69, 9.17) is 5.11 Å². The number of thioether (sulfide) groups is 2. The molecule has 19 heavy (non-hydrogen) atoms. The Morgan fingerprint density at radius 3 is 1.89 bits per heavy atom. The Morgan fingerprint density at radius 1 is 0.947 bits per heavy atom. The van der Waals surface area contributed by atoms with Crippen molar-refractivity contribution < 1.29 is 5.11 Å². The van der Waals surface area contributed by atoms with Crippen molar-refractivity contribution in [3.63, 3.8) is 0 Å². The molecule has 1 aromatic carbocycles. The maximum atomic E-state index is 9.09. The Hall–Kier alpha value is -0.320. The molecule has 0 aliphatic heterocycles. The van der Waals surface area contributed by atoms with Gasteiger partial charge in [-0.2, -0.15) is 23.5 Å².